The Bertz CT molecular complexity index is 792. The van der Waals surface area contributed by atoms with Gasteiger partial charge < -0.3 is 5.11 Å². The lowest BCUT2D eigenvalue weighted by atomic mass is 10.0. The molecule has 4 nitrogen and oxygen atoms in total. The number of hydrogen-bond donors (Lipinski definition) is 1. The SMILES string of the molecule is O=C(O)C1=C2N=C(c3ccccc3C(F)F)N=C2CC(F)=C1. The van der Waals surface area contributed by atoms with E-state index in [1.54, 1.807) is 6.07 Å². The predicted octanol–water partition coefficient (Wildman–Crippen LogP) is 3.42. The smallest absolute Gasteiger partial charge is 0.338 e. The molecule has 1 heterocycles. The van der Waals surface area contributed by atoms with E-state index in [1.165, 1.54) is 18.2 Å². The third-order valence-corrected chi connectivity index (χ3v) is 3.29. The van der Waals surface area contributed by atoms with Crippen LogP contribution in [0.4, 0.5) is 13.2 Å². The molecule has 112 valence electrons. The van der Waals surface area contributed by atoms with Gasteiger partial charge in [0, 0.05) is 17.5 Å². The van der Waals surface area contributed by atoms with Crippen LogP contribution in [0.15, 0.2) is 57.4 Å². The van der Waals surface area contributed by atoms with Crippen molar-refractivity contribution in [2.75, 3.05) is 0 Å². The predicted molar refractivity (Wildman–Crippen MR) is 73.8 cm³/mol. The molecule has 0 spiro atoms. The maximum absolute atomic E-state index is 13.5. The second-order valence-electron chi connectivity index (χ2n) is 4.72. The molecule has 0 saturated carbocycles. The van der Waals surface area contributed by atoms with Gasteiger partial charge in [-0.1, -0.05) is 24.3 Å². The second-order valence-corrected chi connectivity index (χ2v) is 4.72. The highest BCUT2D eigenvalue weighted by Gasteiger charge is 2.29. The van der Waals surface area contributed by atoms with Crippen molar-refractivity contribution < 1.29 is 23.1 Å². The molecule has 0 unspecified atom stereocenters. The molecule has 1 aliphatic carbocycles. The van der Waals surface area contributed by atoms with Crippen molar-refractivity contribution in [3.8, 4) is 0 Å². The Kier molecular flexibility index (Phi) is 3.40. The largest absolute Gasteiger partial charge is 0.478 e. The van der Waals surface area contributed by atoms with Crippen LogP contribution in [0.25, 0.3) is 0 Å². The average molecular weight is 306 g/mol. The molecule has 0 atom stereocenters. The molecular weight excluding hydrogens is 297 g/mol. The number of amidine groups is 1. The summed E-state index contributed by atoms with van der Waals surface area (Å²) in [6, 6.07) is 5.68. The van der Waals surface area contributed by atoms with E-state index in [9.17, 15) is 18.0 Å². The molecule has 1 aliphatic heterocycles. The van der Waals surface area contributed by atoms with Gasteiger partial charge >= 0.3 is 5.97 Å². The number of hydrogen-bond acceptors (Lipinski definition) is 3. The highest BCUT2D eigenvalue weighted by molar-refractivity contribution is 6.22. The minimum Gasteiger partial charge on any atom is -0.478 e. The minimum absolute atomic E-state index is 0.0213. The van der Waals surface area contributed by atoms with Crippen LogP contribution in [-0.2, 0) is 4.79 Å². The van der Waals surface area contributed by atoms with Gasteiger partial charge in [-0.2, -0.15) is 0 Å². The van der Waals surface area contributed by atoms with Gasteiger partial charge in [0.2, 0.25) is 0 Å². The van der Waals surface area contributed by atoms with Crippen LogP contribution < -0.4 is 0 Å². The Balaban J connectivity index is 2.13. The minimum atomic E-state index is -2.72. The third-order valence-electron chi connectivity index (χ3n) is 3.29. The van der Waals surface area contributed by atoms with Gasteiger partial charge in [-0.05, 0) is 6.08 Å². The molecule has 0 saturated heterocycles. The van der Waals surface area contributed by atoms with Crippen molar-refractivity contribution >= 4 is 17.5 Å². The van der Waals surface area contributed by atoms with Crippen molar-refractivity contribution in [3.63, 3.8) is 0 Å². The van der Waals surface area contributed by atoms with Crippen LogP contribution in [0.5, 0.6) is 0 Å². The topological polar surface area (TPSA) is 62.0 Å². The zero-order valence-electron chi connectivity index (χ0n) is 11.1. The van der Waals surface area contributed by atoms with Crippen molar-refractivity contribution in [1.29, 1.82) is 0 Å². The van der Waals surface area contributed by atoms with E-state index in [-0.39, 0.29) is 40.4 Å². The highest BCUT2D eigenvalue weighted by Crippen LogP contribution is 2.31. The molecule has 0 bridgehead atoms. The van der Waals surface area contributed by atoms with Crippen molar-refractivity contribution in [2.45, 2.75) is 12.8 Å². The Morgan fingerprint density at radius 2 is 1.95 bits per heavy atom. The van der Waals surface area contributed by atoms with E-state index in [1.807, 2.05) is 0 Å². The fourth-order valence-corrected chi connectivity index (χ4v) is 2.33. The molecule has 1 aromatic rings. The summed E-state index contributed by atoms with van der Waals surface area (Å²) in [5.74, 6) is -2.02. The lowest BCUT2D eigenvalue weighted by Crippen LogP contribution is -2.12. The first-order valence-electron chi connectivity index (χ1n) is 6.35. The van der Waals surface area contributed by atoms with Gasteiger partial charge in [-0.3, -0.25) is 0 Å². The summed E-state index contributed by atoms with van der Waals surface area (Å²) in [6.07, 6.45) is -2.04. The average Bonchev–Trinajstić information content (AvgIpc) is 2.89. The summed E-state index contributed by atoms with van der Waals surface area (Å²) in [5, 5.41) is 9.09. The molecule has 0 amide bonds. The number of carboxylic acid groups (broad SMARTS) is 1. The zero-order valence-corrected chi connectivity index (χ0v) is 11.1. The number of halogens is 3. The summed E-state index contributed by atoms with van der Waals surface area (Å²) in [6.45, 7) is 0. The molecule has 0 fully saturated rings. The molecule has 0 aromatic heterocycles. The standard InChI is InChI=1S/C15H9F3N2O2/c16-7-5-10(15(21)22)12-11(6-7)19-14(20-12)9-4-2-1-3-8(9)13(17)18/h1-5,13H,6H2,(H,21,22). The van der Waals surface area contributed by atoms with E-state index in [0.29, 0.717) is 0 Å². The van der Waals surface area contributed by atoms with Crippen LogP contribution in [-0.4, -0.2) is 22.6 Å². The number of aliphatic imine (C=N–C) groups is 2. The lowest BCUT2D eigenvalue weighted by Gasteiger charge is -2.08. The molecular formula is C15H9F3N2O2. The number of fused-ring (bicyclic) bond motifs is 1. The van der Waals surface area contributed by atoms with Gasteiger partial charge in [0.05, 0.1) is 11.3 Å². The Hall–Kier alpha value is -2.70. The van der Waals surface area contributed by atoms with E-state index >= 15 is 0 Å². The number of carbonyl (C=O) groups is 1. The van der Waals surface area contributed by atoms with Crippen LogP contribution in [0.3, 0.4) is 0 Å². The van der Waals surface area contributed by atoms with Gasteiger partial charge in [0.1, 0.15) is 11.5 Å². The third kappa shape index (κ3) is 2.34. The summed E-state index contributed by atoms with van der Waals surface area (Å²) in [7, 11) is 0. The fourth-order valence-electron chi connectivity index (χ4n) is 2.33. The Labute approximate surface area is 123 Å². The van der Waals surface area contributed by atoms with Gasteiger partial charge in [-0.15, -0.1) is 0 Å². The molecule has 1 aromatic carbocycles. The molecule has 0 radical (unpaired) electrons. The van der Waals surface area contributed by atoms with Gasteiger partial charge in [0.25, 0.3) is 6.43 Å². The Morgan fingerprint density at radius 1 is 1.23 bits per heavy atom. The number of carboxylic acids is 1. The molecule has 7 heteroatoms. The quantitative estimate of drug-likeness (QED) is 0.930. The Morgan fingerprint density at radius 3 is 2.64 bits per heavy atom. The molecule has 1 N–H and O–H groups in total. The summed E-state index contributed by atoms with van der Waals surface area (Å²) < 4.78 is 39.6. The van der Waals surface area contributed by atoms with Gasteiger partial charge in [0.15, 0.2) is 5.84 Å². The molecule has 22 heavy (non-hydrogen) atoms. The first-order valence-corrected chi connectivity index (χ1v) is 6.35. The number of alkyl halides is 2. The maximum Gasteiger partial charge on any atom is 0.338 e. The highest BCUT2D eigenvalue weighted by atomic mass is 19.3. The molecule has 2 aliphatic rings. The number of aliphatic carboxylic acids is 1. The van der Waals surface area contributed by atoms with Crippen molar-refractivity contribution in [3.05, 3.63) is 58.6 Å². The van der Waals surface area contributed by atoms with Crippen molar-refractivity contribution in [1.82, 2.24) is 0 Å². The van der Waals surface area contributed by atoms with Crippen molar-refractivity contribution in [2.24, 2.45) is 9.98 Å². The monoisotopic (exact) mass is 306 g/mol. The lowest BCUT2D eigenvalue weighted by molar-refractivity contribution is -0.132. The van der Waals surface area contributed by atoms with Crippen LogP contribution in [0.2, 0.25) is 0 Å². The normalized spacial score (nSPS) is 17.2. The zero-order chi connectivity index (χ0) is 15.9. The second kappa shape index (κ2) is 5.25. The summed E-state index contributed by atoms with van der Waals surface area (Å²) in [4.78, 5) is 19.2. The molecule has 3 rings (SSSR count). The number of benzene rings is 1. The number of rotatable bonds is 3. The van der Waals surface area contributed by atoms with E-state index < -0.39 is 18.2 Å². The van der Waals surface area contributed by atoms with E-state index in [2.05, 4.69) is 9.98 Å². The summed E-state index contributed by atoms with van der Waals surface area (Å²) in [5.41, 5.74) is -0.316. The van der Waals surface area contributed by atoms with Crippen LogP contribution >= 0.6 is 0 Å². The number of allylic oxidation sites excluding steroid dienone is 2. The van der Waals surface area contributed by atoms with Crippen LogP contribution in [0.1, 0.15) is 24.0 Å². The summed E-state index contributed by atoms with van der Waals surface area (Å²) >= 11 is 0. The van der Waals surface area contributed by atoms with E-state index in [0.717, 1.165) is 6.08 Å². The van der Waals surface area contributed by atoms with E-state index in [4.69, 9.17) is 5.11 Å². The number of nitrogens with zero attached hydrogens (tertiary/aromatic N) is 2. The first kappa shape index (κ1) is 14.2. The first-order chi connectivity index (χ1) is 10.5. The van der Waals surface area contributed by atoms with Crippen LogP contribution in [0, 0.1) is 0 Å². The maximum atomic E-state index is 13.5. The fraction of sp³-hybridized carbons (Fsp3) is 0.133. The van der Waals surface area contributed by atoms with Gasteiger partial charge in [-0.25, -0.2) is 28.0 Å².